The van der Waals surface area contributed by atoms with Gasteiger partial charge in [0.05, 0.1) is 12.5 Å². The van der Waals surface area contributed by atoms with Crippen molar-refractivity contribution in [2.24, 2.45) is 11.1 Å². The van der Waals surface area contributed by atoms with E-state index in [1.165, 1.54) is 0 Å². The van der Waals surface area contributed by atoms with Gasteiger partial charge in [-0.3, -0.25) is 9.59 Å². The number of hydrogen-bond acceptors (Lipinski definition) is 3. The van der Waals surface area contributed by atoms with Gasteiger partial charge in [0.1, 0.15) is 0 Å². The molecule has 0 aromatic heterocycles. The van der Waals surface area contributed by atoms with Crippen LogP contribution in [-0.4, -0.2) is 23.0 Å². The molecule has 104 valence electrons. The fourth-order valence-corrected chi connectivity index (χ4v) is 1.56. The van der Waals surface area contributed by atoms with Crippen molar-refractivity contribution in [1.82, 2.24) is 0 Å². The Bertz CT molecular complexity index is 478. The predicted molar refractivity (Wildman–Crippen MR) is 73.8 cm³/mol. The van der Waals surface area contributed by atoms with Gasteiger partial charge in [-0.2, -0.15) is 0 Å². The molecule has 0 bridgehead atoms. The third-order valence-electron chi connectivity index (χ3n) is 2.83. The molecule has 0 aliphatic heterocycles. The highest BCUT2D eigenvalue weighted by molar-refractivity contribution is 5.96. The lowest BCUT2D eigenvalue weighted by Crippen LogP contribution is -2.45. The first-order chi connectivity index (χ1) is 8.71. The molecule has 0 spiro atoms. The number of aliphatic carboxylic acids is 1. The lowest BCUT2D eigenvalue weighted by molar-refractivity contribution is -0.136. The van der Waals surface area contributed by atoms with Gasteiger partial charge in [-0.25, -0.2) is 0 Å². The van der Waals surface area contributed by atoms with Gasteiger partial charge in [-0.05, 0) is 17.0 Å². The minimum atomic E-state index is -0.943. The molecule has 0 saturated carbocycles. The zero-order chi connectivity index (χ0) is 14.6. The molecular formula is C14H20N2O3. The van der Waals surface area contributed by atoms with Crippen LogP contribution in [0.4, 0.5) is 5.69 Å². The summed E-state index contributed by atoms with van der Waals surface area (Å²) in [5.41, 5.74) is 6.56. The number of nitrogens with two attached hydrogens (primary N) is 1. The van der Waals surface area contributed by atoms with E-state index in [4.69, 9.17) is 10.8 Å². The molecule has 0 unspecified atom stereocenters. The Kier molecular flexibility index (Phi) is 4.67. The van der Waals surface area contributed by atoms with E-state index in [-0.39, 0.29) is 17.7 Å². The third kappa shape index (κ3) is 4.37. The van der Waals surface area contributed by atoms with Gasteiger partial charge in [-0.15, -0.1) is 0 Å². The molecule has 1 aromatic carbocycles. The topological polar surface area (TPSA) is 92.4 Å². The first-order valence-corrected chi connectivity index (χ1v) is 6.08. The van der Waals surface area contributed by atoms with E-state index in [0.717, 1.165) is 0 Å². The number of benzene rings is 1. The summed E-state index contributed by atoms with van der Waals surface area (Å²) in [6.45, 7) is 5.63. The summed E-state index contributed by atoms with van der Waals surface area (Å²) in [4.78, 5) is 22.8. The number of para-hydroxylation sites is 1. The molecule has 0 aliphatic rings. The number of amides is 1. The number of anilines is 1. The smallest absolute Gasteiger partial charge is 0.307 e. The molecule has 1 atom stereocenters. The lowest BCUT2D eigenvalue weighted by atomic mass is 9.87. The summed E-state index contributed by atoms with van der Waals surface area (Å²) in [6, 6.07) is 6.16. The molecular weight excluding hydrogens is 244 g/mol. The fourth-order valence-electron chi connectivity index (χ4n) is 1.56. The lowest BCUT2D eigenvalue weighted by Gasteiger charge is -2.26. The second kappa shape index (κ2) is 5.84. The van der Waals surface area contributed by atoms with Crippen LogP contribution in [0.2, 0.25) is 0 Å². The molecule has 0 fully saturated rings. The van der Waals surface area contributed by atoms with Gasteiger partial charge in [-0.1, -0.05) is 39.0 Å². The number of nitrogens with one attached hydrogen (secondary N) is 1. The average Bonchev–Trinajstić information content (AvgIpc) is 2.28. The van der Waals surface area contributed by atoms with Crippen LogP contribution in [0.5, 0.6) is 0 Å². The van der Waals surface area contributed by atoms with Gasteiger partial charge >= 0.3 is 5.97 Å². The molecule has 0 radical (unpaired) electrons. The highest BCUT2D eigenvalue weighted by Crippen LogP contribution is 2.21. The number of hydrogen-bond donors (Lipinski definition) is 3. The highest BCUT2D eigenvalue weighted by atomic mass is 16.4. The van der Waals surface area contributed by atoms with Crippen LogP contribution in [0.15, 0.2) is 24.3 Å². The summed E-state index contributed by atoms with van der Waals surface area (Å²) in [5, 5.41) is 11.5. The zero-order valence-electron chi connectivity index (χ0n) is 11.4. The number of carboxylic acids is 1. The van der Waals surface area contributed by atoms with Crippen LogP contribution < -0.4 is 11.1 Å². The highest BCUT2D eigenvalue weighted by Gasteiger charge is 2.27. The van der Waals surface area contributed by atoms with Gasteiger partial charge in [0.2, 0.25) is 5.91 Å². The van der Waals surface area contributed by atoms with Crippen LogP contribution >= 0.6 is 0 Å². The minimum absolute atomic E-state index is 0.138. The Morgan fingerprint density at radius 3 is 2.42 bits per heavy atom. The van der Waals surface area contributed by atoms with Crippen LogP contribution in [-0.2, 0) is 16.0 Å². The Balaban J connectivity index is 2.88. The largest absolute Gasteiger partial charge is 0.481 e. The van der Waals surface area contributed by atoms with Crippen LogP contribution in [0.3, 0.4) is 0 Å². The van der Waals surface area contributed by atoms with Crippen molar-refractivity contribution in [3.63, 3.8) is 0 Å². The Labute approximate surface area is 112 Å². The van der Waals surface area contributed by atoms with Crippen molar-refractivity contribution >= 4 is 17.6 Å². The van der Waals surface area contributed by atoms with E-state index in [1.807, 2.05) is 20.8 Å². The van der Waals surface area contributed by atoms with Crippen LogP contribution in [0.25, 0.3) is 0 Å². The second-order valence-electron chi connectivity index (χ2n) is 5.56. The zero-order valence-corrected chi connectivity index (χ0v) is 11.4. The summed E-state index contributed by atoms with van der Waals surface area (Å²) in [6.07, 6.45) is -0.138. The third-order valence-corrected chi connectivity index (χ3v) is 2.83. The molecule has 0 heterocycles. The number of carbonyl (C=O) groups is 2. The first kappa shape index (κ1) is 15.2. The van der Waals surface area contributed by atoms with E-state index in [0.29, 0.717) is 11.3 Å². The maximum Gasteiger partial charge on any atom is 0.307 e. The monoisotopic (exact) mass is 264 g/mol. The first-order valence-electron chi connectivity index (χ1n) is 6.08. The van der Waals surface area contributed by atoms with Gasteiger partial charge in [0.25, 0.3) is 0 Å². The Hall–Kier alpha value is -1.88. The van der Waals surface area contributed by atoms with Crippen molar-refractivity contribution in [3.8, 4) is 0 Å². The number of carboxylic acid groups (broad SMARTS) is 1. The fraction of sp³-hybridized carbons (Fsp3) is 0.429. The molecule has 1 amide bonds. The van der Waals surface area contributed by atoms with E-state index >= 15 is 0 Å². The van der Waals surface area contributed by atoms with Gasteiger partial charge < -0.3 is 16.2 Å². The number of rotatable bonds is 4. The van der Waals surface area contributed by atoms with E-state index in [2.05, 4.69) is 5.32 Å². The summed E-state index contributed by atoms with van der Waals surface area (Å²) < 4.78 is 0. The van der Waals surface area contributed by atoms with Gasteiger partial charge in [0.15, 0.2) is 0 Å². The molecule has 4 N–H and O–H groups in total. The quantitative estimate of drug-likeness (QED) is 0.770. The SMILES string of the molecule is CC(C)(C)[C@@H](N)C(=O)Nc1ccccc1CC(=O)O. The second-order valence-corrected chi connectivity index (χ2v) is 5.56. The van der Waals surface area contributed by atoms with Crippen molar-refractivity contribution in [2.75, 3.05) is 5.32 Å². The molecule has 5 nitrogen and oxygen atoms in total. The molecule has 0 aliphatic carbocycles. The van der Waals surface area contributed by atoms with Crippen molar-refractivity contribution < 1.29 is 14.7 Å². The molecule has 0 saturated heterocycles. The Morgan fingerprint density at radius 1 is 1.32 bits per heavy atom. The molecule has 19 heavy (non-hydrogen) atoms. The van der Waals surface area contributed by atoms with E-state index in [1.54, 1.807) is 24.3 Å². The van der Waals surface area contributed by atoms with Crippen molar-refractivity contribution in [2.45, 2.75) is 33.2 Å². The van der Waals surface area contributed by atoms with E-state index < -0.39 is 12.0 Å². The van der Waals surface area contributed by atoms with Crippen molar-refractivity contribution in [1.29, 1.82) is 0 Å². The standard InChI is InChI=1S/C14H20N2O3/c1-14(2,3)12(15)13(19)16-10-7-5-4-6-9(10)8-11(17)18/h4-7,12H,8,15H2,1-3H3,(H,16,19)(H,17,18)/t12-/m0/s1. The summed E-state index contributed by atoms with van der Waals surface area (Å²) in [5.74, 6) is -1.26. The summed E-state index contributed by atoms with van der Waals surface area (Å²) in [7, 11) is 0. The Morgan fingerprint density at radius 2 is 1.89 bits per heavy atom. The predicted octanol–water partition coefficient (Wildman–Crippen LogP) is 1.63. The molecule has 1 rings (SSSR count). The van der Waals surface area contributed by atoms with Gasteiger partial charge in [0, 0.05) is 5.69 Å². The van der Waals surface area contributed by atoms with Crippen LogP contribution in [0, 0.1) is 5.41 Å². The normalized spacial score (nSPS) is 12.8. The maximum atomic E-state index is 12.0. The number of carbonyl (C=O) groups excluding carboxylic acids is 1. The van der Waals surface area contributed by atoms with Crippen molar-refractivity contribution in [3.05, 3.63) is 29.8 Å². The maximum absolute atomic E-state index is 12.0. The minimum Gasteiger partial charge on any atom is -0.481 e. The molecule has 5 heteroatoms. The van der Waals surface area contributed by atoms with Crippen LogP contribution in [0.1, 0.15) is 26.3 Å². The average molecular weight is 264 g/mol. The summed E-state index contributed by atoms with van der Waals surface area (Å²) >= 11 is 0. The molecule has 1 aromatic rings. The van der Waals surface area contributed by atoms with E-state index in [9.17, 15) is 9.59 Å².